The van der Waals surface area contributed by atoms with Gasteiger partial charge in [0.25, 0.3) is 0 Å². The Labute approximate surface area is 82.2 Å². The van der Waals surface area contributed by atoms with Crippen LogP contribution in [0.1, 0.15) is 13.8 Å². The summed E-state index contributed by atoms with van der Waals surface area (Å²) in [5.41, 5.74) is 0. The van der Waals surface area contributed by atoms with Crippen LogP contribution >= 0.6 is 23.2 Å². The van der Waals surface area contributed by atoms with Gasteiger partial charge in [-0.1, -0.05) is 13.8 Å². The average molecular weight is 211 g/mol. The summed E-state index contributed by atoms with van der Waals surface area (Å²) < 4.78 is 4.88. The zero-order valence-electron chi connectivity index (χ0n) is 7.14. The molecule has 4 heteroatoms. The van der Waals surface area contributed by atoms with Gasteiger partial charge in [-0.15, -0.1) is 23.2 Å². The number of carbonyl (C=O) groups is 1. The van der Waals surface area contributed by atoms with Gasteiger partial charge in [-0.3, -0.25) is 4.79 Å². The van der Waals surface area contributed by atoms with E-state index in [1.54, 1.807) is 0 Å². The summed E-state index contributed by atoms with van der Waals surface area (Å²) in [5, 5.41) is 0. The number of halogens is 2. The molecule has 1 aliphatic rings. The molecule has 0 aromatic carbocycles. The largest absolute Gasteiger partial charge is 0.464 e. The van der Waals surface area contributed by atoms with E-state index in [-0.39, 0.29) is 17.8 Å². The van der Waals surface area contributed by atoms with Crippen molar-refractivity contribution in [1.82, 2.24) is 0 Å². The highest BCUT2D eigenvalue weighted by molar-refractivity contribution is 6.35. The number of rotatable bonds is 2. The first-order chi connectivity index (χ1) is 5.53. The highest BCUT2D eigenvalue weighted by Crippen LogP contribution is 2.40. The van der Waals surface area contributed by atoms with Crippen LogP contribution in [0.3, 0.4) is 0 Å². The Kier molecular flexibility index (Phi) is 2.89. The molecule has 2 unspecified atom stereocenters. The highest BCUT2D eigenvalue weighted by atomic mass is 35.5. The number of cyclic esters (lactones) is 1. The number of alkyl halides is 2. The van der Waals surface area contributed by atoms with E-state index in [2.05, 4.69) is 0 Å². The molecule has 0 bridgehead atoms. The van der Waals surface area contributed by atoms with Gasteiger partial charge in [0.05, 0.1) is 6.61 Å². The summed E-state index contributed by atoms with van der Waals surface area (Å²) in [5.74, 6) is 0.0315. The first-order valence-corrected chi connectivity index (χ1v) is 4.86. The standard InChI is InChI=1S/C8H12Cl2O2/c1-5(2)8(10)6(3-9)4-12-7(8)11/h5-6H,3-4H2,1-2H3. The summed E-state index contributed by atoms with van der Waals surface area (Å²) >= 11 is 11.8. The van der Waals surface area contributed by atoms with Crippen molar-refractivity contribution in [2.24, 2.45) is 11.8 Å². The van der Waals surface area contributed by atoms with Crippen molar-refractivity contribution in [2.75, 3.05) is 12.5 Å². The molecule has 0 N–H and O–H groups in total. The van der Waals surface area contributed by atoms with Crippen molar-refractivity contribution in [2.45, 2.75) is 18.7 Å². The fraction of sp³-hybridized carbons (Fsp3) is 0.875. The minimum atomic E-state index is -0.901. The van der Waals surface area contributed by atoms with Crippen LogP contribution in [0.15, 0.2) is 0 Å². The van der Waals surface area contributed by atoms with Crippen molar-refractivity contribution >= 4 is 29.2 Å². The number of hydrogen-bond donors (Lipinski definition) is 0. The lowest BCUT2D eigenvalue weighted by atomic mass is 9.86. The quantitative estimate of drug-likeness (QED) is 0.516. The molecule has 1 saturated heterocycles. The van der Waals surface area contributed by atoms with Crippen LogP contribution in [0.5, 0.6) is 0 Å². The molecule has 0 radical (unpaired) electrons. The SMILES string of the molecule is CC(C)C1(Cl)C(=O)OCC1CCl. The van der Waals surface area contributed by atoms with E-state index in [1.165, 1.54) is 0 Å². The summed E-state index contributed by atoms with van der Waals surface area (Å²) in [4.78, 5) is 10.4. The zero-order chi connectivity index (χ0) is 9.35. The van der Waals surface area contributed by atoms with Crippen molar-refractivity contribution in [1.29, 1.82) is 0 Å². The summed E-state index contributed by atoms with van der Waals surface area (Å²) in [6.07, 6.45) is 0. The topological polar surface area (TPSA) is 26.3 Å². The van der Waals surface area contributed by atoms with Crippen LogP contribution in [0.25, 0.3) is 0 Å². The van der Waals surface area contributed by atoms with Gasteiger partial charge in [-0.05, 0) is 5.92 Å². The zero-order valence-corrected chi connectivity index (χ0v) is 8.65. The van der Waals surface area contributed by atoms with E-state index in [9.17, 15) is 4.79 Å². The molecule has 0 aromatic heterocycles. The normalized spacial score (nSPS) is 35.8. The van der Waals surface area contributed by atoms with Gasteiger partial charge in [0, 0.05) is 11.8 Å². The maximum absolute atomic E-state index is 11.3. The van der Waals surface area contributed by atoms with Crippen LogP contribution in [0.4, 0.5) is 0 Å². The predicted octanol–water partition coefficient (Wildman–Crippen LogP) is 2.03. The minimum Gasteiger partial charge on any atom is -0.464 e. The maximum atomic E-state index is 11.3. The smallest absolute Gasteiger partial charge is 0.327 e. The Balaban J connectivity index is 2.88. The molecule has 1 heterocycles. The van der Waals surface area contributed by atoms with Gasteiger partial charge in [-0.25, -0.2) is 0 Å². The fourth-order valence-corrected chi connectivity index (χ4v) is 2.04. The Hall–Kier alpha value is 0.0500. The molecule has 70 valence electrons. The average Bonchev–Trinajstić information content (AvgIpc) is 2.30. The van der Waals surface area contributed by atoms with Gasteiger partial charge in [0.1, 0.15) is 0 Å². The van der Waals surface area contributed by atoms with Crippen molar-refractivity contribution in [3.8, 4) is 0 Å². The van der Waals surface area contributed by atoms with Gasteiger partial charge >= 0.3 is 5.97 Å². The van der Waals surface area contributed by atoms with E-state index in [1.807, 2.05) is 13.8 Å². The lowest BCUT2D eigenvalue weighted by Gasteiger charge is -2.26. The van der Waals surface area contributed by atoms with Crippen LogP contribution in [-0.2, 0) is 9.53 Å². The summed E-state index contributed by atoms with van der Waals surface area (Å²) in [6.45, 7) is 4.16. The summed E-state index contributed by atoms with van der Waals surface area (Å²) in [6, 6.07) is 0. The second-order valence-corrected chi connectivity index (χ2v) is 4.31. The lowest BCUT2D eigenvalue weighted by Crippen LogP contribution is -2.41. The van der Waals surface area contributed by atoms with E-state index in [4.69, 9.17) is 27.9 Å². The molecule has 12 heavy (non-hydrogen) atoms. The van der Waals surface area contributed by atoms with Gasteiger partial charge in [0.15, 0.2) is 4.87 Å². The third kappa shape index (κ3) is 1.31. The van der Waals surface area contributed by atoms with Gasteiger partial charge in [-0.2, -0.15) is 0 Å². The number of esters is 1. The Bertz CT molecular complexity index is 193. The predicted molar refractivity (Wildman–Crippen MR) is 48.6 cm³/mol. The van der Waals surface area contributed by atoms with E-state index >= 15 is 0 Å². The third-order valence-electron chi connectivity index (χ3n) is 2.35. The first kappa shape index (κ1) is 10.1. The van der Waals surface area contributed by atoms with Crippen molar-refractivity contribution < 1.29 is 9.53 Å². The van der Waals surface area contributed by atoms with Crippen LogP contribution in [0.2, 0.25) is 0 Å². The minimum absolute atomic E-state index is 0.0536. The second kappa shape index (κ2) is 3.43. The molecule has 0 saturated carbocycles. The Morgan fingerprint density at radius 3 is 2.67 bits per heavy atom. The first-order valence-electron chi connectivity index (χ1n) is 3.95. The van der Waals surface area contributed by atoms with E-state index in [0.717, 1.165) is 0 Å². The highest BCUT2D eigenvalue weighted by Gasteiger charge is 2.52. The number of carbonyl (C=O) groups excluding carboxylic acids is 1. The fourth-order valence-electron chi connectivity index (χ4n) is 1.44. The molecule has 0 spiro atoms. The van der Waals surface area contributed by atoms with Crippen molar-refractivity contribution in [3.63, 3.8) is 0 Å². The molecule has 1 aliphatic heterocycles. The molecular weight excluding hydrogens is 199 g/mol. The monoisotopic (exact) mass is 210 g/mol. The summed E-state index contributed by atoms with van der Waals surface area (Å²) in [7, 11) is 0. The van der Waals surface area contributed by atoms with Gasteiger partial charge < -0.3 is 4.74 Å². The van der Waals surface area contributed by atoms with Crippen LogP contribution < -0.4 is 0 Å². The molecular formula is C8H12Cl2O2. The third-order valence-corrected chi connectivity index (χ3v) is 3.62. The lowest BCUT2D eigenvalue weighted by molar-refractivity contribution is -0.141. The molecule has 0 amide bonds. The molecule has 0 aliphatic carbocycles. The Morgan fingerprint density at radius 1 is 1.75 bits per heavy atom. The molecule has 1 fully saturated rings. The van der Waals surface area contributed by atoms with Crippen LogP contribution in [-0.4, -0.2) is 23.3 Å². The maximum Gasteiger partial charge on any atom is 0.327 e. The molecule has 2 atom stereocenters. The van der Waals surface area contributed by atoms with Crippen molar-refractivity contribution in [3.05, 3.63) is 0 Å². The molecule has 0 aromatic rings. The van der Waals surface area contributed by atoms with Gasteiger partial charge in [0.2, 0.25) is 0 Å². The molecule has 1 rings (SSSR count). The van der Waals surface area contributed by atoms with E-state index < -0.39 is 4.87 Å². The Morgan fingerprint density at radius 2 is 2.33 bits per heavy atom. The van der Waals surface area contributed by atoms with Crippen LogP contribution in [0, 0.1) is 11.8 Å². The number of hydrogen-bond acceptors (Lipinski definition) is 2. The van der Waals surface area contributed by atoms with E-state index in [0.29, 0.717) is 12.5 Å². The number of ether oxygens (including phenoxy) is 1. The molecule has 2 nitrogen and oxygen atoms in total. The second-order valence-electron chi connectivity index (χ2n) is 3.37.